The summed E-state index contributed by atoms with van der Waals surface area (Å²) in [6.45, 7) is 0. The summed E-state index contributed by atoms with van der Waals surface area (Å²) in [5.41, 5.74) is 1.07. The lowest BCUT2D eigenvalue weighted by molar-refractivity contribution is -0.115. The van der Waals surface area contributed by atoms with Crippen LogP contribution in [0.15, 0.2) is 48.7 Å². The molecule has 0 saturated carbocycles. The molecule has 0 bridgehead atoms. The molecule has 0 aliphatic heterocycles. The van der Waals surface area contributed by atoms with Gasteiger partial charge in [0.05, 0.1) is 18.3 Å². The van der Waals surface area contributed by atoms with Gasteiger partial charge in [-0.2, -0.15) is 5.10 Å². The quantitative estimate of drug-likeness (QED) is 0.672. The fourth-order valence-corrected chi connectivity index (χ4v) is 2.50. The van der Waals surface area contributed by atoms with Gasteiger partial charge in [0, 0.05) is 22.8 Å². The van der Waals surface area contributed by atoms with Crippen molar-refractivity contribution < 1.29 is 18.0 Å². The Kier molecular flexibility index (Phi) is 5.56. The molecule has 0 aliphatic rings. The van der Waals surface area contributed by atoms with Crippen molar-refractivity contribution in [1.82, 2.24) is 10.2 Å². The summed E-state index contributed by atoms with van der Waals surface area (Å²) in [7, 11) is 0. The lowest BCUT2D eigenvalue weighted by Crippen LogP contribution is -2.15. The van der Waals surface area contributed by atoms with Crippen molar-refractivity contribution >= 4 is 34.7 Å². The van der Waals surface area contributed by atoms with Gasteiger partial charge in [-0.05, 0) is 29.8 Å². The van der Waals surface area contributed by atoms with Crippen LogP contribution in [0.4, 0.5) is 30.4 Å². The third-order valence-corrected chi connectivity index (χ3v) is 3.85. The van der Waals surface area contributed by atoms with E-state index in [4.69, 9.17) is 11.6 Å². The molecule has 1 aromatic heterocycles. The zero-order valence-corrected chi connectivity index (χ0v) is 14.4. The first-order chi connectivity index (χ1) is 12.9. The van der Waals surface area contributed by atoms with Crippen molar-refractivity contribution in [3.05, 3.63) is 76.7 Å². The van der Waals surface area contributed by atoms with Gasteiger partial charge in [0.15, 0.2) is 17.5 Å². The molecule has 0 aliphatic carbocycles. The van der Waals surface area contributed by atoms with Gasteiger partial charge in [-0.25, -0.2) is 13.2 Å². The number of amides is 1. The molecule has 3 aromatic rings. The summed E-state index contributed by atoms with van der Waals surface area (Å²) in [6.07, 6.45) is 1.26. The van der Waals surface area contributed by atoms with Crippen LogP contribution in [0.2, 0.25) is 5.02 Å². The molecule has 0 unspecified atom stereocenters. The molecule has 0 fully saturated rings. The number of aromatic nitrogens is 2. The topological polar surface area (TPSA) is 66.9 Å². The Bertz CT molecular complexity index is 1000. The predicted molar refractivity (Wildman–Crippen MR) is 95.4 cm³/mol. The molecule has 27 heavy (non-hydrogen) atoms. The molecule has 0 radical (unpaired) electrons. The molecule has 138 valence electrons. The smallest absolute Gasteiger partial charge is 0.228 e. The Hall–Kier alpha value is -3.13. The summed E-state index contributed by atoms with van der Waals surface area (Å²) in [5.74, 6) is -2.63. The number of benzene rings is 2. The number of anilines is 3. The fourth-order valence-electron chi connectivity index (χ4n) is 2.26. The van der Waals surface area contributed by atoms with Crippen LogP contribution in [0.1, 0.15) is 5.56 Å². The third-order valence-electron chi connectivity index (χ3n) is 3.50. The average Bonchev–Trinajstić information content (AvgIpc) is 2.61. The fraction of sp³-hybridized carbons (Fsp3) is 0.0556. The monoisotopic (exact) mass is 392 g/mol. The maximum Gasteiger partial charge on any atom is 0.228 e. The van der Waals surface area contributed by atoms with E-state index in [2.05, 4.69) is 20.8 Å². The minimum atomic E-state index is -1.01. The lowest BCUT2D eigenvalue weighted by atomic mass is 10.1. The first-order valence-electron chi connectivity index (χ1n) is 7.69. The van der Waals surface area contributed by atoms with Gasteiger partial charge in [0.1, 0.15) is 5.82 Å². The Labute approximate surface area is 157 Å². The Morgan fingerprint density at radius 1 is 1.00 bits per heavy atom. The maximum absolute atomic E-state index is 13.3. The highest BCUT2D eigenvalue weighted by molar-refractivity contribution is 6.31. The molecular weight excluding hydrogens is 381 g/mol. The van der Waals surface area contributed by atoms with E-state index in [1.807, 2.05) is 0 Å². The molecule has 5 nitrogen and oxygen atoms in total. The number of carbonyl (C=O) groups excluding carboxylic acids is 1. The van der Waals surface area contributed by atoms with E-state index in [1.54, 1.807) is 0 Å². The normalized spacial score (nSPS) is 10.5. The van der Waals surface area contributed by atoms with Crippen molar-refractivity contribution in [3.63, 3.8) is 0 Å². The van der Waals surface area contributed by atoms with E-state index in [0.29, 0.717) is 11.3 Å². The summed E-state index contributed by atoms with van der Waals surface area (Å²) in [5, 5.41) is 13.1. The molecule has 0 saturated heterocycles. The standard InChI is InChI=1S/C18H12ClF3N4O/c19-14-6-11(20)2-1-10(14)5-18(27)25-13-8-17(26-23-9-13)24-12-3-4-15(21)16(22)7-12/h1-4,6-9H,5H2,(H2,24,25,26,27). The van der Waals surface area contributed by atoms with Crippen LogP contribution < -0.4 is 10.6 Å². The maximum atomic E-state index is 13.3. The van der Waals surface area contributed by atoms with Crippen LogP contribution in [0.5, 0.6) is 0 Å². The number of rotatable bonds is 5. The molecule has 1 amide bonds. The van der Waals surface area contributed by atoms with Gasteiger partial charge in [0.2, 0.25) is 5.91 Å². The number of nitrogens with one attached hydrogen (secondary N) is 2. The largest absolute Gasteiger partial charge is 0.339 e. The number of carbonyl (C=O) groups is 1. The van der Waals surface area contributed by atoms with Crippen molar-refractivity contribution in [2.24, 2.45) is 0 Å². The van der Waals surface area contributed by atoms with E-state index >= 15 is 0 Å². The molecule has 2 aromatic carbocycles. The van der Waals surface area contributed by atoms with Crippen LogP contribution in [0.3, 0.4) is 0 Å². The molecule has 1 heterocycles. The van der Waals surface area contributed by atoms with Gasteiger partial charge in [0.25, 0.3) is 0 Å². The Balaban J connectivity index is 1.67. The van der Waals surface area contributed by atoms with Gasteiger partial charge in [-0.15, -0.1) is 5.10 Å². The Morgan fingerprint density at radius 3 is 2.56 bits per heavy atom. The molecule has 9 heteroatoms. The van der Waals surface area contributed by atoms with Gasteiger partial charge in [-0.1, -0.05) is 17.7 Å². The minimum Gasteiger partial charge on any atom is -0.339 e. The highest BCUT2D eigenvalue weighted by Gasteiger charge is 2.10. The first kappa shape index (κ1) is 18.7. The van der Waals surface area contributed by atoms with Crippen LogP contribution in [0, 0.1) is 17.5 Å². The van der Waals surface area contributed by atoms with Gasteiger partial charge in [-0.3, -0.25) is 4.79 Å². The SMILES string of the molecule is O=C(Cc1ccc(F)cc1Cl)Nc1cnnc(Nc2ccc(F)c(F)c2)c1. The Morgan fingerprint density at radius 2 is 1.81 bits per heavy atom. The van der Waals surface area contributed by atoms with Gasteiger partial charge < -0.3 is 10.6 Å². The summed E-state index contributed by atoms with van der Waals surface area (Å²) < 4.78 is 39.3. The van der Waals surface area contributed by atoms with E-state index in [-0.39, 0.29) is 22.9 Å². The van der Waals surface area contributed by atoms with E-state index in [0.717, 1.165) is 18.2 Å². The lowest BCUT2D eigenvalue weighted by Gasteiger charge is -2.09. The highest BCUT2D eigenvalue weighted by atomic mass is 35.5. The second kappa shape index (κ2) is 8.05. The molecule has 2 N–H and O–H groups in total. The second-order valence-electron chi connectivity index (χ2n) is 5.54. The minimum absolute atomic E-state index is 0.0621. The van der Waals surface area contributed by atoms with Crippen LogP contribution in [0.25, 0.3) is 0 Å². The van der Waals surface area contributed by atoms with E-state index < -0.39 is 23.4 Å². The summed E-state index contributed by atoms with van der Waals surface area (Å²) >= 11 is 5.91. The van der Waals surface area contributed by atoms with Crippen LogP contribution >= 0.6 is 11.6 Å². The first-order valence-corrected chi connectivity index (χ1v) is 8.07. The van der Waals surface area contributed by atoms with E-state index in [9.17, 15) is 18.0 Å². The van der Waals surface area contributed by atoms with Crippen molar-refractivity contribution in [2.45, 2.75) is 6.42 Å². The predicted octanol–water partition coefficient (Wildman–Crippen LogP) is 4.47. The van der Waals surface area contributed by atoms with Crippen LogP contribution in [-0.4, -0.2) is 16.1 Å². The molecule has 3 rings (SSSR count). The third kappa shape index (κ3) is 4.95. The number of hydrogen-bond donors (Lipinski definition) is 2. The van der Waals surface area contributed by atoms with Gasteiger partial charge >= 0.3 is 0 Å². The van der Waals surface area contributed by atoms with Crippen molar-refractivity contribution in [1.29, 1.82) is 0 Å². The van der Waals surface area contributed by atoms with Crippen molar-refractivity contribution in [3.8, 4) is 0 Å². The second-order valence-corrected chi connectivity index (χ2v) is 5.95. The highest BCUT2D eigenvalue weighted by Crippen LogP contribution is 2.20. The summed E-state index contributed by atoms with van der Waals surface area (Å²) in [6, 6.07) is 8.52. The number of halogens is 4. The average molecular weight is 393 g/mol. The van der Waals surface area contributed by atoms with Crippen molar-refractivity contribution in [2.75, 3.05) is 10.6 Å². The number of hydrogen-bond acceptors (Lipinski definition) is 4. The molecule has 0 spiro atoms. The zero-order chi connectivity index (χ0) is 19.4. The zero-order valence-electron chi connectivity index (χ0n) is 13.6. The van der Waals surface area contributed by atoms with Crippen LogP contribution in [-0.2, 0) is 11.2 Å². The molecule has 0 atom stereocenters. The molecular formula is C18H12ClF3N4O. The van der Waals surface area contributed by atoms with E-state index in [1.165, 1.54) is 30.5 Å². The number of nitrogens with zero attached hydrogens (tertiary/aromatic N) is 2. The summed E-state index contributed by atoms with van der Waals surface area (Å²) in [4.78, 5) is 12.1.